The second-order valence-corrected chi connectivity index (χ2v) is 7.21. The lowest BCUT2D eigenvalue weighted by Gasteiger charge is -2.34. The van der Waals surface area contributed by atoms with Crippen LogP contribution < -0.4 is 0 Å². The first-order chi connectivity index (χ1) is 12.0. The summed E-state index contributed by atoms with van der Waals surface area (Å²) < 4.78 is 1.73. The number of phenols is 1. The highest BCUT2D eigenvalue weighted by Crippen LogP contribution is 2.41. The van der Waals surface area contributed by atoms with Crippen molar-refractivity contribution < 1.29 is 15.0 Å². The summed E-state index contributed by atoms with van der Waals surface area (Å²) >= 11 is 0. The van der Waals surface area contributed by atoms with Crippen LogP contribution in [0.4, 0.5) is 0 Å². The van der Waals surface area contributed by atoms with E-state index >= 15 is 0 Å². The van der Waals surface area contributed by atoms with E-state index in [-0.39, 0.29) is 17.7 Å². The Labute approximate surface area is 145 Å². The van der Waals surface area contributed by atoms with E-state index in [0.717, 1.165) is 12.0 Å². The molecule has 1 aromatic heterocycles. The minimum absolute atomic E-state index is 0.0588. The molecule has 2 aromatic rings. The van der Waals surface area contributed by atoms with E-state index in [1.54, 1.807) is 30.1 Å². The second-order valence-electron chi connectivity index (χ2n) is 7.21. The number of fused-ring (bicyclic) bond motifs is 1. The molecule has 2 N–H and O–H groups in total. The lowest BCUT2D eigenvalue weighted by atomic mass is 9.77. The molecule has 25 heavy (non-hydrogen) atoms. The summed E-state index contributed by atoms with van der Waals surface area (Å²) in [6, 6.07) is 4.97. The molecule has 132 valence electrons. The third-order valence-corrected chi connectivity index (χ3v) is 5.63. The molecule has 1 aliphatic carbocycles. The second kappa shape index (κ2) is 6.15. The van der Waals surface area contributed by atoms with E-state index in [1.165, 1.54) is 12.4 Å². The smallest absolute Gasteiger partial charge is 0.254 e. The third kappa shape index (κ3) is 2.89. The van der Waals surface area contributed by atoms with Crippen molar-refractivity contribution >= 4 is 5.91 Å². The molecule has 1 saturated carbocycles. The molecule has 4 atom stereocenters. The summed E-state index contributed by atoms with van der Waals surface area (Å²) in [6.45, 7) is 3.13. The zero-order valence-corrected chi connectivity index (χ0v) is 14.1. The molecule has 2 heterocycles. The van der Waals surface area contributed by atoms with Gasteiger partial charge in [0.1, 0.15) is 18.4 Å². The molecule has 1 aliphatic heterocycles. The van der Waals surface area contributed by atoms with Crippen molar-refractivity contribution in [2.24, 2.45) is 11.8 Å². The van der Waals surface area contributed by atoms with Crippen LogP contribution in [-0.2, 0) is 0 Å². The fourth-order valence-corrected chi connectivity index (χ4v) is 4.17. The predicted octanol–water partition coefficient (Wildman–Crippen LogP) is 1.38. The highest BCUT2D eigenvalue weighted by molar-refractivity contribution is 5.95. The molecule has 7 nitrogen and oxygen atoms in total. The summed E-state index contributed by atoms with van der Waals surface area (Å²) in [6.07, 6.45) is 4.10. The number of rotatable bonds is 2. The van der Waals surface area contributed by atoms with Crippen LogP contribution in [0.5, 0.6) is 5.75 Å². The number of aryl methyl sites for hydroxylation is 1. The van der Waals surface area contributed by atoms with Crippen LogP contribution in [0.3, 0.4) is 0 Å². The lowest BCUT2D eigenvalue weighted by molar-refractivity contribution is 0.0304. The largest absolute Gasteiger partial charge is 0.508 e. The van der Waals surface area contributed by atoms with Crippen molar-refractivity contribution in [3.05, 3.63) is 42.0 Å². The molecule has 1 saturated heterocycles. The van der Waals surface area contributed by atoms with Crippen LogP contribution in [0.1, 0.15) is 34.8 Å². The molecule has 1 amide bonds. The number of benzene rings is 1. The van der Waals surface area contributed by atoms with Gasteiger partial charge in [-0.1, -0.05) is 6.07 Å². The zero-order valence-electron chi connectivity index (χ0n) is 14.1. The summed E-state index contributed by atoms with van der Waals surface area (Å²) in [5, 5.41) is 24.5. The minimum atomic E-state index is -0.471. The van der Waals surface area contributed by atoms with E-state index in [9.17, 15) is 15.0 Å². The molecule has 0 bridgehead atoms. The topological polar surface area (TPSA) is 91.5 Å². The van der Waals surface area contributed by atoms with E-state index < -0.39 is 6.10 Å². The van der Waals surface area contributed by atoms with Gasteiger partial charge in [-0.15, -0.1) is 0 Å². The molecular formula is C18H22N4O3. The maximum Gasteiger partial charge on any atom is 0.254 e. The molecule has 0 radical (unpaired) electrons. The van der Waals surface area contributed by atoms with Gasteiger partial charge in [0.25, 0.3) is 5.91 Å². The van der Waals surface area contributed by atoms with Gasteiger partial charge in [-0.05, 0) is 49.3 Å². The number of nitrogens with zero attached hydrogens (tertiary/aromatic N) is 4. The molecular weight excluding hydrogens is 320 g/mol. The Morgan fingerprint density at radius 3 is 2.68 bits per heavy atom. The van der Waals surface area contributed by atoms with Gasteiger partial charge < -0.3 is 15.1 Å². The minimum Gasteiger partial charge on any atom is -0.508 e. The summed E-state index contributed by atoms with van der Waals surface area (Å²) in [5.74, 6) is 0.735. The van der Waals surface area contributed by atoms with E-state index in [4.69, 9.17) is 0 Å². The summed E-state index contributed by atoms with van der Waals surface area (Å²) in [4.78, 5) is 18.6. The standard InChI is InChI=1S/C18H22N4O3/c1-11-2-3-12(5-16(11)23)18(25)21-7-13-4-15(22-10-19-9-20-22)17(24)6-14(13)8-21/h2-3,5,9-10,13-15,17,23-24H,4,6-8H2,1H3/t13-,14+,15-,17-/m1/s1. The number of likely N-dealkylation sites (tertiary alicyclic amines) is 1. The van der Waals surface area contributed by atoms with Gasteiger partial charge in [-0.3, -0.25) is 4.79 Å². The average Bonchev–Trinajstić information content (AvgIpc) is 3.25. The zero-order chi connectivity index (χ0) is 17.6. The van der Waals surface area contributed by atoms with Crippen molar-refractivity contribution in [3.63, 3.8) is 0 Å². The Hall–Kier alpha value is -2.41. The van der Waals surface area contributed by atoms with Gasteiger partial charge in [-0.2, -0.15) is 5.10 Å². The number of aromatic nitrogens is 3. The van der Waals surface area contributed by atoms with Crippen LogP contribution in [0.2, 0.25) is 0 Å². The van der Waals surface area contributed by atoms with Crippen LogP contribution in [0.15, 0.2) is 30.9 Å². The van der Waals surface area contributed by atoms with Gasteiger partial charge in [0, 0.05) is 18.7 Å². The number of aliphatic hydroxyl groups is 1. The Bertz CT molecular complexity index is 777. The van der Waals surface area contributed by atoms with Crippen LogP contribution >= 0.6 is 0 Å². The quantitative estimate of drug-likeness (QED) is 0.860. The van der Waals surface area contributed by atoms with Gasteiger partial charge in [0.2, 0.25) is 0 Å². The van der Waals surface area contributed by atoms with Gasteiger partial charge in [0.15, 0.2) is 0 Å². The first-order valence-corrected chi connectivity index (χ1v) is 8.64. The normalized spacial score (nSPS) is 28.8. The van der Waals surface area contributed by atoms with E-state index in [2.05, 4.69) is 10.1 Å². The number of carbonyl (C=O) groups is 1. The van der Waals surface area contributed by atoms with Crippen molar-refractivity contribution in [3.8, 4) is 5.75 Å². The van der Waals surface area contributed by atoms with Crippen molar-refractivity contribution in [2.45, 2.75) is 31.9 Å². The first kappa shape index (κ1) is 16.1. The maximum atomic E-state index is 12.8. The molecule has 0 unspecified atom stereocenters. The lowest BCUT2D eigenvalue weighted by Crippen LogP contribution is -2.36. The Morgan fingerprint density at radius 2 is 2.00 bits per heavy atom. The molecule has 7 heteroatoms. The first-order valence-electron chi connectivity index (χ1n) is 8.64. The average molecular weight is 342 g/mol. The van der Waals surface area contributed by atoms with Crippen LogP contribution in [0, 0.1) is 18.8 Å². The van der Waals surface area contributed by atoms with Gasteiger partial charge in [0.05, 0.1) is 12.1 Å². The predicted molar refractivity (Wildman–Crippen MR) is 90.0 cm³/mol. The Kier molecular flexibility index (Phi) is 3.95. The maximum absolute atomic E-state index is 12.8. The number of carbonyl (C=O) groups excluding carboxylic acids is 1. The number of aromatic hydroxyl groups is 1. The van der Waals surface area contributed by atoms with Crippen molar-refractivity contribution in [1.29, 1.82) is 0 Å². The van der Waals surface area contributed by atoms with Crippen LogP contribution in [-0.4, -0.2) is 55.0 Å². The van der Waals surface area contributed by atoms with Crippen LogP contribution in [0.25, 0.3) is 0 Å². The number of amides is 1. The Morgan fingerprint density at radius 1 is 1.24 bits per heavy atom. The van der Waals surface area contributed by atoms with Gasteiger partial charge >= 0.3 is 0 Å². The molecule has 2 aliphatic rings. The number of aliphatic hydroxyl groups excluding tert-OH is 1. The fraction of sp³-hybridized carbons (Fsp3) is 0.500. The fourth-order valence-electron chi connectivity index (χ4n) is 4.17. The van der Waals surface area contributed by atoms with Crippen molar-refractivity contribution in [1.82, 2.24) is 19.7 Å². The highest BCUT2D eigenvalue weighted by atomic mass is 16.3. The monoisotopic (exact) mass is 342 g/mol. The SMILES string of the molecule is Cc1ccc(C(=O)N2C[C@H]3C[C@@H](n4cncn4)[C@H](O)C[C@H]3C2)cc1O. The Balaban J connectivity index is 1.49. The highest BCUT2D eigenvalue weighted by Gasteiger charge is 2.43. The summed E-state index contributed by atoms with van der Waals surface area (Å²) in [5.41, 5.74) is 1.26. The number of hydrogen-bond donors (Lipinski definition) is 2. The molecule has 1 aromatic carbocycles. The molecule has 2 fully saturated rings. The van der Waals surface area contributed by atoms with Crippen molar-refractivity contribution in [2.75, 3.05) is 13.1 Å². The summed E-state index contributed by atoms with van der Waals surface area (Å²) in [7, 11) is 0. The van der Waals surface area contributed by atoms with E-state index in [1.807, 2.05) is 4.90 Å². The number of phenolic OH excluding ortho intramolecular Hbond substituents is 1. The molecule has 4 rings (SSSR count). The van der Waals surface area contributed by atoms with E-state index in [0.29, 0.717) is 36.9 Å². The third-order valence-electron chi connectivity index (χ3n) is 5.63. The molecule has 0 spiro atoms. The van der Waals surface area contributed by atoms with Gasteiger partial charge in [-0.25, -0.2) is 9.67 Å². The number of hydrogen-bond acceptors (Lipinski definition) is 5.